The van der Waals surface area contributed by atoms with E-state index in [1.54, 1.807) is 0 Å². The summed E-state index contributed by atoms with van der Waals surface area (Å²) in [5, 5.41) is 10.2. The Kier molecular flexibility index (Phi) is 22.3. The molecule has 0 atom stereocenters. The molecule has 2 nitrogen and oxygen atoms in total. The van der Waals surface area contributed by atoms with Crippen molar-refractivity contribution < 1.29 is 40.1 Å². The van der Waals surface area contributed by atoms with Crippen LogP contribution in [0.25, 0.3) is 0 Å². The molecule has 0 aromatic heterocycles. The minimum Gasteiger partial charge on any atom is -0.867 e. The first-order valence-corrected chi connectivity index (χ1v) is 4.38. The average Bonchev–Trinajstić information content (AvgIpc) is 1.87. The van der Waals surface area contributed by atoms with Crippen LogP contribution in [0.5, 0.6) is 0 Å². The third kappa shape index (κ3) is 17.1. The van der Waals surface area contributed by atoms with E-state index in [4.69, 9.17) is 0 Å². The van der Waals surface area contributed by atoms with Gasteiger partial charge in [-0.3, -0.25) is 0 Å². The summed E-state index contributed by atoms with van der Waals surface area (Å²) < 4.78 is 0. The van der Waals surface area contributed by atoms with Gasteiger partial charge < -0.3 is 10.6 Å². The van der Waals surface area contributed by atoms with Crippen molar-refractivity contribution in [2.75, 3.05) is 0 Å². The Morgan fingerprint density at radius 3 is 2.08 bits per heavy atom. The van der Waals surface area contributed by atoms with Crippen molar-refractivity contribution in [3.63, 3.8) is 0 Å². The minimum atomic E-state index is -0.0866. The van der Waals surface area contributed by atoms with Crippen molar-refractivity contribution in [2.24, 2.45) is 0 Å². The molecule has 2 N–H and O–H groups in total. The minimum absolute atomic E-state index is 0. The molecule has 12 heavy (non-hydrogen) atoms. The van der Waals surface area contributed by atoms with Gasteiger partial charge in [-0.05, 0) is 12.8 Å². The Hall–Kier alpha value is 0.850. The van der Waals surface area contributed by atoms with Crippen LogP contribution in [0.3, 0.4) is 0 Å². The Bertz CT molecular complexity index is 99.1. The average molecular weight is 200 g/mol. The monoisotopic (exact) mass is 200 g/mol. The van der Waals surface area contributed by atoms with Crippen LogP contribution in [0, 0.1) is 0 Å². The molecule has 0 saturated heterocycles. The van der Waals surface area contributed by atoms with E-state index in [0.717, 1.165) is 12.8 Å². The van der Waals surface area contributed by atoms with E-state index >= 15 is 0 Å². The second-order valence-corrected chi connectivity index (χ2v) is 2.99. The third-order valence-electron chi connectivity index (χ3n) is 1.48. The van der Waals surface area contributed by atoms with Gasteiger partial charge in [-0.15, -0.1) is 12.2 Å². The molecule has 0 amide bonds. The Morgan fingerprint density at radius 2 is 1.67 bits per heavy atom. The SMILES string of the molecule is CCCCCCCC([O-])=S.O.[Na+]. The predicted molar refractivity (Wildman–Crippen MR) is 49.6 cm³/mol. The summed E-state index contributed by atoms with van der Waals surface area (Å²) in [6.07, 6.45) is 6.53. The molecule has 0 aromatic carbocycles. The summed E-state index contributed by atoms with van der Waals surface area (Å²) >= 11 is 4.42. The molecule has 0 heterocycles. The predicted octanol–water partition coefficient (Wildman–Crippen LogP) is -1.79. The van der Waals surface area contributed by atoms with Crippen LogP contribution < -0.4 is 34.7 Å². The van der Waals surface area contributed by atoms with Gasteiger partial charge in [0.05, 0.1) is 0 Å². The Balaban J connectivity index is -0.000000405. The zero-order valence-electron chi connectivity index (χ0n) is 8.06. The van der Waals surface area contributed by atoms with Crippen LogP contribution in [0.2, 0.25) is 0 Å². The van der Waals surface area contributed by atoms with Crippen molar-refractivity contribution in [1.82, 2.24) is 0 Å². The van der Waals surface area contributed by atoms with Gasteiger partial charge in [0.2, 0.25) is 0 Å². The molecule has 4 heteroatoms. The van der Waals surface area contributed by atoms with Gasteiger partial charge in [0.25, 0.3) is 0 Å². The summed E-state index contributed by atoms with van der Waals surface area (Å²) in [6.45, 7) is 2.18. The van der Waals surface area contributed by atoms with E-state index < -0.39 is 0 Å². The van der Waals surface area contributed by atoms with Crippen LogP contribution in [0.1, 0.15) is 45.4 Å². The molecule has 0 radical (unpaired) electrons. The molecule has 0 saturated carbocycles. The zero-order chi connectivity index (χ0) is 7.82. The van der Waals surface area contributed by atoms with Crippen molar-refractivity contribution in [3.8, 4) is 0 Å². The van der Waals surface area contributed by atoms with Gasteiger partial charge in [0, 0.05) is 0 Å². The molecule has 0 fully saturated rings. The summed E-state index contributed by atoms with van der Waals surface area (Å²) in [6, 6.07) is 0. The molecule has 0 aliphatic heterocycles. The number of unbranched alkanes of at least 4 members (excludes halogenated alkanes) is 4. The summed E-state index contributed by atoms with van der Waals surface area (Å²) in [5.41, 5.74) is 0. The summed E-state index contributed by atoms with van der Waals surface area (Å²) in [5.74, 6) is 0. The Labute approximate surface area is 102 Å². The van der Waals surface area contributed by atoms with E-state index in [2.05, 4.69) is 19.1 Å². The first-order chi connectivity index (χ1) is 4.77. The largest absolute Gasteiger partial charge is 1.00 e. The maximum absolute atomic E-state index is 10.3. The first-order valence-electron chi connectivity index (χ1n) is 3.97. The van der Waals surface area contributed by atoms with E-state index in [1.165, 1.54) is 19.3 Å². The third-order valence-corrected chi connectivity index (χ3v) is 1.69. The van der Waals surface area contributed by atoms with Gasteiger partial charge in [0.15, 0.2) is 0 Å². The van der Waals surface area contributed by atoms with E-state index in [-0.39, 0.29) is 40.1 Å². The van der Waals surface area contributed by atoms with Crippen LogP contribution in [-0.2, 0) is 0 Å². The standard InChI is InChI=1S/C8H16OS.Na.H2O/c1-2-3-4-5-6-7-8(9)10;;/h2-7H2,1H3,(H,9,10);;1H2/q;+1;/p-1. The fourth-order valence-electron chi connectivity index (χ4n) is 0.873. The van der Waals surface area contributed by atoms with E-state index in [0.29, 0.717) is 6.42 Å². The van der Waals surface area contributed by atoms with Crippen LogP contribution in [0.4, 0.5) is 0 Å². The molecule has 0 bridgehead atoms. The fourth-order valence-corrected chi connectivity index (χ4v) is 1.02. The number of rotatable bonds is 6. The van der Waals surface area contributed by atoms with Gasteiger partial charge in [-0.25, -0.2) is 0 Å². The second-order valence-electron chi connectivity index (χ2n) is 2.54. The zero-order valence-corrected chi connectivity index (χ0v) is 10.9. The quantitative estimate of drug-likeness (QED) is 0.289. The van der Waals surface area contributed by atoms with Crippen molar-refractivity contribution in [1.29, 1.82) is 0 Å². The maximum atomic E-state index is 10.3. The van der Waals surface area contributed by atoms with Gasteiger partial charge in [-0.2, -0.15) is 0 Å². The molecular formula is C8H17NaO2S. The molecule has 0 aliphatic carbocycles. The van der Waals surface area contributed by atoms with Gasteiger partial charge in [-0.1, -0.05) is 37.7 Å². The smallest absolute Gasteiger partial charge is 0.867 e. The van der Waals surface area contributed by atoms with Crippen molar-refractivity contribution in [3.05, 3.63) is 0 Å². The molecular weight excluding hydrogens is 183 g/mol. The van der Waals surface area contributed by atoms with Crippen LogP contribution >= 0.6 is 12.2 Å². The summed E-state index contributed by atoms with van der Waals surface area (Å²) in [4.78, 5) is 0. The normalized spacial score (nSPS) is 8.08. The van der Waals surface area contributed by atoms with Gasteiger partial charge in [0.1, 0.15) is 0 Å². The van der Waals surface area contributed by atoms with Crippen LogP contribution in [0.15, 0.2) is 0 Å². The molecule has 0 unspecified atom stereocenters. The van der Waals surface area contributed by atoms with Gasteiger partial charge >= 0.3 is 29.6 Å². The number of hydrogen-bond acceptors (Lipinski definition) is 2. The molecule has 0 aliphatic rings. The maximum Gasteiger partial charge on any atom is 1.00 e. The molecule has 0 rings (SSSR count). The van der Waals surface area contributed by atoms with Crippen molar-refractivity contribution in [2.45, 2.75) is 45.4 Å². The summed E-state index contributed by atoms with van der Waals surface area (Å²) in [7, 11) is 0. The molecule has 68 valence electrons. The fraction of sp³-hybridized carbons (Fsp3) is 0.875. The topological polar surface area (TPSA) is 54.6 Å². The first kappa shape index (κ1) is 18.6. The van der Waals surface area contributed by atoms with Crippen molar-refractivity contribution >= 4 is 17.3 Å². The molecule has 0 aromatic rings. The number of hydrogen-bond donors (Lipinski definition) is 0. The molecule has 0 spiro atoms. The second kappa shape index (κ2) is 14.4. The van der Waals surface area contributed by atoms with E-state index in [9.17, 15) is 5.11 Å². The Morgan fingerprint density at radius 1 is 1.17 bits per heavy atom. The number of thiocarbonyl (C=S) groups is 1. The van der Waals surface area contributed by atoms with E-state index in [1.807, 2.05) is 0 Å². The van der Waals surface area contributed by atoms with Crippen LogP contribution in [-0.4, -0.2) is 10.5 Å².